The van der Waals surface area contributed by atoms with E-state index in [1.165, 1.54) is 19.4 Å². The lowest BCUT2D eigenvalue weighted by Crippen LogP contribution is -2.34. The largest absolute Gasteiger partial charge is 0.493 e. The van der Waals surface area contributed by atoms with Crippen LogP contribution in [0.5, 0.6) is 11.5 Å². The van der Waals surface area contributed by atoms with E-state index < -0.39 is 11.8 Å². The molecule has 9 heteroatoms. The molecule has 0 atom stereocenters. The number of methoxy groups -OCH3 is 1. The van der Waals surface area contributed by atoms with E-state index in [-0.39, 0.29) is 6.54 Å². The Balaban J connectivity index is 1.50. The van der Waals surface area contributed by atoms with Crippen LogP contribution < -0.4 is 20.2 Å². The molecule has 3 aromatic rings. The normalized spacial score (nSPS) is 10.6. The fraction of sp³-hybridized carbons (Fsp3) is 0.125. The van der Waals surface area contributed by atoms with Gasteiger partial charge in [-0.2, -0.15) is 5.10 Å². The molecule has 0 saturated heterocycles. The average Bonchev–Trinajstić information content (AvgIpc) is 2.82. The lowest BCUT2D eigenvalue weighted by Gasteiger charge is -2.11. The fourth-order valence-electron chi connectivity index (χ4n) is 2.74. The standard InChI is InChI=1S/C24H21Cl2N3O4/c1-32-22-11-17(7-10-21(22)33-15-16-5-8-19(25)9-6-16)13-28-29-23(30)14-27-24(31)18-3-2-4-20(26)12-18/h2-13H,14-15H2,1H3,(H,27,31)(H,29,30)/b28-13-. The first kappa shape index (κ1) is 24.1. The molecule has 0 unspecified atom stereocenters. The topological polar surface area (TPSA) is 89.0 Å². The van der Waals surface area contributed by atoms with E-state index in [0.717, 1.165) is 5.56 Å². The van der Waals surface area contributed by atoms with Crippen molar-refractivity contribution in [3.8, 4) is 11.5 Å². The second-order valence-corrected chi connectivity index (χ2v) is 7.68. The van der Waals surface area contributed by atoms with Gasteiger partial charge in [0.25, 0.3) is 11.8 Å². The van der Waals surface area contributed by atoms with Crippen molar-refractivity contribution in [1.82, 2.24) is 10.7 Å². The third-order valence-corrected chi connectivity index (χ3v) is 4.88. The highest BCUT2D eigenvalue weighted by molar-refractivity contribution is 6.31. The first-order valence-electron chi connectivity index (χ1n) is 9.85. The van der Waals surface area contributed by atoms with Crippen LogP contribution in [0.25, 0.3) is 0 Å². The van der Waals surface area contributed by atoms with Gasteiger partial charge in [-0.15, -0.1) is 0 Å². The van der Waals surface area contributed by atoms with E-state index in [4.69, 9.17) is 32.7 Å². The van der Waals surface area contributed by atoms with Crippen molar-refractivity contribution in [2.24, 2.45) is 5.10 Å². The third kappa shape index (κ3) is 7.52. The number of amides is 2. The number of rotatable bonds is 9. The van der Waals surface area contributed by atoms with Crippen LogP contribution in [0.3, 0.4) is 0 Å². The van der Waals surface area contributed by atoms with E-state index in [0.29, 0.717) is 39.3 Å². The van der Waals surface area contributed by atoms with Crippen LogP contribution >= 0.6 is 23.2 Å². The molecular formula is C24H21Cl2N3O4. The molecule has 0 bridgehead atoms. The van der Waals surface area contributed by atoms with Gasteiger partial charge in [-0.25, -0.2) is 5.43 Å². The second-order valence-electron chi connectivity index (χ2n) is 6.81. The summed E-state index contributed by atoms with van der Waals surface area (Å²) in [6, 6.07) is 19.1. The second kappa shape index (κ2) is 11.9. The van der Waals surface area contributed by atoms with Gasteiger partial charge in [-0.05, 0) is 59.7 Å². The number of benzene rings is 3. The fourth-order valence-corrected chi connectivity index (χ4v) is 3.05. The van der Waals surface area contributed by atoms with Gasteiger partial charge in [-0.1, -0.05) is 41.4 Å². The van der Waals surface area contributed by atoms with Gasteiger partial charge >= 0.3 is 0 Å². The maximum atomic E-state index is 12.0. The van der Waals surface area contributed by atoms with Crippen LogP contribution in [0.2, 0.25) is 10.0 Å². The van der Waals surface area contributed by atoms with Crippen molar-refractivity contribution >= 4 is 41.2 Å². The van der Waals surface area contributed by atoms with Crippen LogP contribution in [0.15, 0.2) is 71.8 Å². The van der Waals surface area contributed by atoms with Crippen molar-refractivity contribution < 1.29 is 19.1 Å². The minimum atomic E-state index is -0.475. The summed E-state index contributed by atoms with van der Waals surface area (Å²) in [5.41, 5.74) is 4.38. The Kier molecular flexibility index (Phi) is 8.69. The zero-order chi connectivity index (χ0) is 23.6. The Morgan fingerprint density at radius 3 is 2.48 bits per heavy atom. The molecule has 0 radical (unpaired) electrons. The van der Waals surface area contributed by atoms with Crippen molar-refractivity contribution in [2.45, 2.75) is 6.61 Å². The number of nitrogens with zero attached hydrogens (tertiary/aromatic N) is 1. The molecule has 0 spiro atoms. The van der Waals surface area contributed by atoms with E-state index >= 15 is 0 Å². The van der Waals surface area contributed by atoms with Gasteiger partial charge in [-0.3, -0.25) is 9.59 Å². The molecule has 3 rings (SSSR count). The minimum absolute atomic E-state index is 0.233. The first-order valence-corrected chi connectivity index (χ1v) is 10.6. The number of carbonyl (C=O) groups excluding carboxylic acids is 2. The molecule has 0 saturated carbocycles. The first-order chi connectivity index (χ1) is 15.9. The number of carbonyl (C=O) groups is 2. The van der Waals surface area contributed by atoms with Crippen molar-refractivity contribution in [2.75, 3.05) is 13.7 Å². The summed E-state index contributed by atoms with van der Waals surface area (Å²) < 4.78 is 11.2. The molecule has 170 valence electrons. The van der Waals surface area contributed by atoms with Crippen molar-refractivity contribution in [3.63, 3.8) is 0 Å². The Bertz CT molecular complexity index is 1150. The Morgan fingerprint density at radius 1 is 0.970 bits per heavy atom. The Labute approximate surface area is 201 Å². The van der Waals surface area contributed by atoms with E-state index in [1.807, 2.05) is 12.1 Å². The van der Waals surface area contributed by atoms with Crippen LogP contribution in [0, 0.1) is 0 Å². The predicted molar refractivity (Wildman–Crippen MR) is 128 cm³/mol. The molecular weight excluding hydrogens is 465 g/mol. The van der Waals surface area contributed by atoms with Crippen molar-refractivity contribution in [1.29, 1.82) is 0 Å². The van der Waals surface area contributed by atoms with Gasteiger partial charge in [0.2, 0.25) is 0 Å². The maximum Gasteiger partial charge on any atom is 0.259 e. The van der Waals surface area contributed by atoms with Crippen LogP contribution in [-0.4, -0.2) is 31.7 Å². The summed E-state index contributed by atoms with van der Waals surface area (Å²) in [7, 11) is 1.54. The van der Waals surface area contributed by atoms with Gasteiger partial charge in [0, 0.05) is 15.6 Å². The summed E-state index contributed by atoms with van der Waals surface area (Å²) in [5, 5.41) is 7.51. The molecule has 2 N–H and O–H groups in total. The summed E-state index contributed by atoms with van der Waals surface area (Å²) in [4.78, 5) is 24.0. The molecule has 0 aliphatic rings. The maximum absolute atomic E-state index is 12.0. The number of hydrazone groups is 1. The summed E-state index contributed by atoms with van der Waals surface area (Å²) in [5.74, 6) is 0.206. The number of ether oxygens (including phenoxy) is 2. The van der Waals surface area contributed by atoms with Gasteiger partial charge in [0.15, 0.2) is 11.5 Å². The molecule has 0 aliphatic carbocycles. The minimum Gasteiger partial charge on any atom is -0.493 e. The van der Waals surface area contributed by atoms with Crippen molar-refractivity contribution in [3.05, 3.63) is 93.5 Å². The zero-order valence-corrected chi connectivity index (χ0v) is 19.2. The van der Waals surface area contributed by atoms with Crippen LogP contribution in [-0.2, 0) is 11.4 Å². The Hall–Kier alpha value is -3.55. The SMILES string of the molecule is COc1cc(/C=N\NC(=O)CNC(=O)c2cccc(Cl)c2)ccc1OCc1ccc(Cl)cc1. The smallest absolute Gasteiger partial charge is 0.259 e. The lowest BCUT2D eigenvalue weighted by atomic mass is 10.2. The van der Waals surface area contributed by atoms with Gasteiger partial charge < -0.3 is 14.8 Å². The van der Waals surface area contributed by atoms with E-state index in [1.54, 1.807) is 48.5 Å². The van der Waals surface area contributed by atoms with Crippen LogP contribution in [0.1, 0.15) is 21.5 Å². The highest BCUT2D eigenvalue weighted by atomic mass is 35.5. The number of halogens is 2. The monoisotopic (exact) mass is 485 g/mol. The molecule has 0 heterocycles. The van der Waals surface area contributed by atoms with E-state index in [9.17, 15) is 9.59 Å². The summed E-state index contributed by atoms with van der Waals surface area (Å²) in [6.45, 7) is 0.126. The zero-order valence-electron chi connectivity index (χ0n) is 17.7. The lowest BCUT2D eigenvalue weighted by molar-refractivity contribution is -0.120. The molecule has 0 aliphatic heterocycles. The summed E-state index contributed by atoms with van der Waals surface area (Å²) in [6.07, 6.45) is 1.46. The highest BCUT2D eigenvalue weighted by Crippen LogP contribution is 2.28. The average molecular weight is 486 g/mol. The summed E-state index contributed by atoms with van der Waals surface area (Å²) >= 11 is 11.8. The molecule has 33 heavy (non-hydrogen) atoms. The molecule has 7 nitrogen and oxygen atoms in total. The predicted octanol–water partition coefficient (Wildman–Crippen LogP) is 4.46. The van der Waals surface area contributed by atoms with Gasteiger partial charge in [0.05, 0.1) is 19.9 Å². The molecule has 0 aromatic heterocycles. The van der Waals surface area contributed by atoms with Crippen LogP contribution in [0.4, 0.5) is 0 Å². The molecule has 2 amide bonds. The Morgan fingerprint density at radius 2 is 1.76 bits per heavy atom. The van der Waals surface area contributed by atoms with Gasteiger partial charge in [0.1, 0.15) is 6.61 Å². The number of hydrogen-bond donors (Lipinski definition) is 2. The third-order valence-electron chi connectivity index (χ3n) is 4.39. The highest BCUT2D eigenvalue weighted by Gasteiger charge is 2.08. The molecule has 0 fully saturated rings. The molecule has 3 aromatic carbocycles. The quantitative estimate of drug-likeness (QED) is 0.345. The van der Waals surface area contributed by atoms with E-state index in [2.05, 4.69) is 15.8 Å². The number of hydrogen-bond acceptors (Lipinski definition) is 5. The number of nitrogens with one attached hydrogen (secondary N) is 2.